The molecule has 1 saturated heterocycles. The van der Waals surface area contributed by atoms with Gasteiger partial charge in [-0.25, -0.2) is 4.79 Å². The van der Waals surface area contributed by atoms with Gasteiger partial charge in [-0.1, -0.05) is 35.5 Å². The van der Waals surface area contributed by atoms with Crippen LogP contribution in [0.2, 0.25) is 0 Å². The van der Waals surface area contributed by atoms with Gasteiger partial charge in [0.2, 0.25) is 17.6 Å². The van der Waals surface area contributed by atoms with Crippen LogP contribution in [0.15, 0.2) is 34.9 Å². The van der Waals surface area contributed by atoms with E-state index in [1.165, 1.54) is 4.90 Å². The third-order valence-electron chi connectivity index (χ3n) is 4.16. The fraction of sp³-hybridized carbons (Fsp3) is 0.412. The summed E-state index contributed by atoms with van der Waals surface area (Å²) in [5, 5.41) is 13.2. The van der Waals surface area contributed by atoms with Gasteiger partial charge in [-0.15, -0.1) is 0 Å². The van der Waals surface area contributed by atoms with Gasteiger partial charge in [-0.2, -0.15) is 4.98 Å². The molecule has 1 N–H and O–H groups in total. The number of carboxylic acid groups (broad SMARTS) is 1. The molecule has 0 bridgehead atoms. The van der Waals surface area contributed by atoms with Crippen molar-refractivity contribution in [3.63, 3.8) is 0 Å². The van der Waals surface area contributed by atoms with Crippen molar-refractivity contribution in [2.45, 2.75) is 38.1 Å². The molecule has 1 aliphatic heterocycles. The molecule has 2 heterocycles. The smallest absolute Gasteiger partial charge is 0.326 e. The molecule has 1 amide bonds. The molecule has 3 rings (SSSR count). The lowest BCUT2D eigenvalue weighted by Gasteiger charge is -2.32. The van der Waals surface area contributed by atoms with Gasteiger partial charge in [-0.3, -0.25) is 4.79 Å². The highest BCUT2D eigenvalue weighted by Gasteiger charge is 2.31. The summed E-state index contributed by atoms with van der Waals surface area (Å²) in [5.41, 5.74) is 0.848. The minimum absolute atomic E-state index is 0.167. The van der Waals surface area contributed by atoms with Crippen molar-refractivity contribution in [2.24, 2.45) is 0 Å². The Balaban J connectivity index is 1.60. The maximum Gasteiger partial charge on any atom is 0.326 e. The Hall–Kier alpha value is -2.70. The molecule has 1 aromatic carbocycles. The molecular formula is C17H19N3O4. The molecule has 0 spiro atoms. The van der Waals surface area contributed by atoms with Crippen molar-refractivity contribution in [1.29, 1.82) is 0 Å². The molecule has 2 aromatic rings. The highest BCUT2D eigenvalue weighted by molar-refractivity contribution is 5.83. The first kappa shape index (κ1) is 16.2. The second-order valence-electron chi connectivity index (χ2n) is 5.81. The lowest BCUT2D eigenvalue weighted by atomic mass is 10.0. The molecule has 0 unspecified atom stereocenters. The van der Waals surface area contributed by atoms with Crippen LogP contribution in [0.4, 0.5) is 0 Å². The highest BCUT2D eigenvalue weighted by Crippen LogP contribution is 2.19. The zero-order valence-corrected chi connectivity index (χ0v) is 13.2. The van der Waals surface area contributed by atoms with Crippen molar-refractivity contribution in [1.82, 2.24) is 15.0 Å². The van der Waals surface area contributed by atoms with Gasteiger partial charge in [0.05, 0.1) is 0 Å². The summed E-state index contributed by atoms with van der Waals surface area (Å²) in [4.78, 5) is 29.4. The minimum Gasteiger partial charge on any atom is -0.480 e. The number of likely N-dealkylation sites (tertiary alicyclic amines) is 1. The van der Waals surface area contributed by atoms with Gasteiger partial charge in [0.1, 0.15) is 6.04 Å². The van der Waals surface area contributed by atoms with E-state index in [4.69, 9.17) is 4.52 Å². The number of hydrogen-bond acceptors (Lipinski definition) is 5. The van der Waals surface area contributed by atoms with Gasteiger partial charge >= 0.3 is 5.97 Å². The standard InChI is InChI=1S/C17H19N3O4/c21-15(20-11-5-4-8-13(20)17(22)23)10-9-14-18-16(19-24-14)12-6-2-1-3-7-12/h1-3,6-7,13H,4-5,8-11H2,(H,22,23)/t13-/m1/s1. The summed E-state index contributed by atoms with van der Waals surface area (Å²) in [7, 11) is 0. The van der Waals surface area contributed by atoms with Crippen LogP contribution in [0.25, 0.3) is 11.4 Å². The minimum atomic E-state index is -0.938. The molecule has 24 heavy (non-hydrogen) atoms. The van der Waals surface area contributed by atoms with Gasteiger partial charge in [-0.05, 0) is 19.3 Å². The molecule has 0 aliphatic carbocycles. The largest absolute Gasteiger partial charge is 0.480 e. The van der Waals surface area contributed by atoms with Crippen LogP contribution in [0, 0.1) is 0 Å². The van der Waals surface area contributed by atoms with Crippen LogP contribution in [0.1, 0.15) is 31.6 Å². The molecule has 126 valence electrons. The Morgan fingerprint density at radius 2 is 2.04 bits per heavy atom. The maximum absolute atomic E-state index is 12.3. The van der Waals surface area contributed by atoms with Gasteiger partial charge < -0.3 is 14.5 Å². The first-order chi connectivity index (χ1) is 11.6. The number of piperidine rings is 1. The first-order valence-electron chi connectivity index (χ1n) is 8.05. The molecular weight excluding hydrogens is 310 g/mol. The quantitative estimate of drug-likeness (QED) is 0.902. The molecule has 1 atom stereocenters. The van der Waals surface area contributed by atoms with E-state index in [1.54, 1.807) is 0 Å². The summed E-state index contributed by atoms with van der Waals surface area (Å²) in [6.07, 6.45) is 2.67. The average molecular weight is 329 g/mol. The first-order valence-corrected chi connectivity index (χ1v) is 8.05. The van der Waals surface area contributed by atoms with Crippen molar-refractivity contribution in [3.05, 3.63) is 36.2 Å². The second kappa shape index (κ2) is 7.25. The van der Waals surface area contributed by atoms with Gasteiger partial charge in [0.15, 0.2) is 0 Å². The SMILES string of the molecule is O=C(O)[C@H]1CCCCN1C(=O)CCc1nc(-c2ccccc2)no1. The third-order valence-corrected chi connectivity index (χ3v) is 4.16. The Morgan fingerprint density at radius 3 is 2.79 bits per heavy atom. The Labute approximate surface area is 139 Å². The topological polar surface area (TPSA) is 96.5 Å². The summed E-state index contributed by atoms with van der Waals surface area (Å²) < 4.78 is 5.18. The zero-order valence-electron chi connectivity index (χ0n) is 13.2. The van der Waals surface area contributed by atoms with Crippen LogP contribution in [-0.4, -0.2) is 44.6 Å². The van der Waals surface area contributed by atoms with E-state index in [0.29, 0.717) is 31.1 Å². The lowest BCUT2D eigenvalue weighted by Crippen LogP contribution is -2.48. The van der Waals surface area contributed by atoms with Crippen LogP contribution >= 0.6 is 0 Å². The fourth-order valence-electron chi connectivity index (χ4n) is 2.91. The van der Waals surface area contributed by atoms with E-state index < -0.39 is 12.0 Å². The highest BCUT2D eigenvalue weighted by atomic mass is 16.5. The van der Waals surface area contributed by atoms with E-state index in [-0.39, 0.29) is 12.3 Å². The molecule has 0 saturated carbocycles. The zero-order chi connectivity index (χ0) is 16.9. The number of hydrogen-bond donors (Lipinski definition) is 1. The van der Waals surface area contributed by atoms with Gasteiger partial charge in [0, 0.05) is 24.9 Å². The molecule has 1 fully saturated rings. The summed E-state index contributed by atoms with van der Waals surface area (Å²) in [6, 6.07) is 8.72. The molecule has 1 aliphatic rings. The van der Waals surface area contributed by atoms with Crippen molar-refractivity contribution in [3.8, 4) is 11.4 Å². The number of rotatable bonds is 5. The number of aliphatic carboxylic acids is 1. The van der Waals surface area contributed by atoms with Crippen LogP contribution < -0.4 is 0 Å². The predicted octanol–water partition coefficient (Wildman–Crippen LogP) is 2.13. The molecule has 0 radical (unpaired) electrons. The Kier molecular flexibility index (Phi) is 4.88. The van der Waals surface area contributed by atoms with Crippen molar-refractivity contribution >= 4 is 11.9 Å². The number of nitrogens with zero attached hydrogens (tertiary/aromatic N) is 3. The monoisotopic (exact) mass is 329 g/mol. The normalized spacial score (nSPS) is 17.7. The molecule has 7 heteroatoms. The Bertz CT molecular complexity index is 714. The van der Waals surface area contributed by atoms with Crippen molar-refractivity contribution in [2.75, 3.05) is 6.54 Å². The second-order valence-corrected chi connectivity index (χ2v) is 5.81. The number of benzene rings is 1. The molecule has 7 nitrogen and oxygen atoms in total. The van der Waals surface area contributed by atoms with Crippen LogP contribution in [-0.2, 0) is 16.0 Å². The third kappa shape index (κ3) is 3.61. The van der Waals surface area contributed by atoms with E-state index >= 15 is 0 Å². The van der Waals surface area contributed by atoms with Crippen molar-refractivity contribution < 1.29 is 19.2 Å². The number of aromatic nitrogens is 2. The molecule has 1 aromatic heterocycles. The Morgan fingerprint density at radius 1 is 1.25 bits per heavy atom. The fourth-order valence-corrected chi connectivity index (χ4v) is 2.91. The average Bonchev–Trinajstić information content (AvgIpc) is 3.09. The van der Waals surface area contributed by atoms with Gasteiger partial charge in [0.25, 0.3) is 0 Å². The number of carbonyl (C=O) groups is 2. The summed E-state index contributed by atoms with van der Waals surface area (Å²) in [6.45, 7) is 0.495. The predicted molar refractivity (Wildman–Crippen MR) is 85.0 cm³/mol. The maximum atomic E-state index is 12.3. The van der Waals surface area contributed by atoms with Crippen LogP contribution in [0.3, 0.4) is 0 Å². The number of carbonyl (C=O) groups excluding carboxylic acids is 1. The van der Waals surface area contributed by atoms with E-state index in [0.717, 1.165) is 18.4 Å². The summed E-state index contributed by atoms with van der Waals surface area (Å²) in [5.74, 6) is -0.251. The number of carboxylic acids is 1. The summed E-state index contributed by atoms with van der Waals surface area (Å²) >= 11 is 0. The van der Waals surface area contributed by atoms with E-state index in [2.05, 4.69) is 10.1 Å². The number of aryl methyl sites for hydroxylation is 1. The van der Waals surface area contributed by atoms with E-state index in [1.807, 2.05) is 30.3 Å². The van der Waals surface area contributed by atoms with E-state index in [9.17, 15) is 14.7 Å². The lowest BCUT2D eigenvalue weighted by molar-refractivity contribution is -0.152. The number of amides is 1. The van der Waals surface area contributed by atoms with Crippen LogP contribution in [0.5, 0.6) is 0 Å².